The molecular weight excluding hydrogens is 448 g/mol. The Morgan fingerprint density at radius 3 is 2.58 bits per heavy atom. The number of fused-ring (bicyclic) bond motifs is 8. The van der Waals surface area contributed by atoms with Crippen molar-refractivity contribution in [3.05, 3.63) is 39.7 Å². The van der Waals surface area contributed by atoms with Crippen molar-refractivity contribution in [3.8, 4) is 0 Å². The number of nitrogens with one attached hydrogen (secondary N) is 1. The highest BCUT2D eigenvalue weighted by molar-refractivity contribution is 5.84. The standard InChI is InChI=1S/C31H44N2O3/c1-30-14-16-32-15-12-21-22-8-6-20(33(3)4)18-27(22)36-29(35)24(21)17-19(30)5-7-23-25-9-10-28(34)31(25,2)13-11-26(23)30/h6,8,18-19,23,25-26,28,32,34H,5,7,9-17H2,1-4H3/t19-,23-,25-,26-,28-,30-,31-/m0/s1. The average molecular weight is 493 g/mol. The summed E-state index contributed by atoms with van der Waals surface area (Å²) in [6, 6.07) is 6.30. The van der Waals surface area contributed by atoms with Crippen LogP contribution < -0.4 is 15.8 Å². The van der Waals surface area contributed by atoms with Crippen molar-refractivity contribution >= 4 is 16.7 Å². The fourth-order valence-corrected chi connectivity index (χ4v) is 9.24. The van der Waals surface area contributed by atoms with Crippen molar-refractivity contribution in [1.29, 1.82) is 0 Å². The molecule has 0 amide bonds. The molecule has 3 fully saturated rings. The molecule has 4 aliphatic rings. The van der Waals surface area contributed by atoms with Gasteiger partial charge in [-0.05, 0) is 123 Å². The van der Waals surface area contributed by atoms with Crippen molar-refractivity contribution < 1.29 is 9.52 Å². The predicted molar refractivity (Wildman–Crippen MR) is 146 cm³/mol. The van der Waals surface area contributed by atoms with Gasteiger partial charge in [0.2, 0.25) is 0 Å². The van der Waals surface area contributed by atoms with E-state index in [9.17, 15) is 9.90 Å². The maximum absolute atomic E-state index is 13.5. The Kier molecular flexibility index (Phi) is 6.03. The number of aliphatic hydroxyl groups is 1. The van der Waals surface area contributed by atoms with E-state index in [-0.39, 0.29) is 22.6 Å². The van der Waals surface area contributed by atoms with Crippen LogP contribution in [0.4, 0.5) is 5.69 Å². The monoisotopic (exact) mass is 492 g/mol. The molecule has 0 spiro atoms. The number of rotatable bonds is 1. The Hall–Kier alpha value is -1.85. The first-order chi connectivity index (χ1) is 17.2. The van der Waals surface area contributed by atoms with Crippen LogP contribution in [0.5, 0.6) is 0 Å². The third-order valence-electron chi connectivity index (χ3n) is 11.5. The molecule has 1 aliphatic heterocycles. The maximum atomic E-state index is 13.5. The Morgan fingerprint density at radius 2 is 1.78 bits per heavy atom. The number of hydrogen-bond acceptors (Lipinski definition) is 5. The molecule has 7 atom stereocenters. The lowest BCUT2D eigenvalue weighted by atomic mass is 9.46. The van der Waals surface area contributed by atoms with Crippen LogP contribution in [0.25, 0.3) is 11.0 Å². The Bertz CT molecular complexity index is 1200. The van der Waals surface area contributed by atoms with Crippen molar-refractivity contribution in [2.45, 2.75) is 77.7 Å². The van der Waals surface area contributed by atoms with E-state index in [0.717, 1.165) is 55.4 Å². The van der Waals surface area contributed by atoms with E-state index in [2.05, 4.69) is 36.2 Å². The van der Waals surface area contributed by atoms with E-state index in [4.69, 9.17) is 4.42 Å². The van der Waals surface area contributed by atoms with Gasteiger partial charge in [0.25, 0.3) is 0 Å². The Morgan fingerprint density at radius 1 is 0.972 bits per heavy atom. The molecule has 0 saturated heterocycles. The summed E-state index contributed by atoms with van der Waals surface area (Å²) in [5, 5.41) is 15.7. The molecule has 1 aromatic heterocycles. The van der Waals surface area contributed by atoms with Gasteiger partial charge in [-0.15, -0.1) is 0 Å². The first kappa shape index (κ1) is 24.5. The molecule has 1 aromatic carbocycles. The van der Waals surface area contributed by atoms with Gasteiger partial charge in [-0.1, -0.05) is 13.8 Å². The highest BCUT2D eigenvalue weighted by atomic mass is 16.4. The highest BCUT2D eigenvalue weighted by Gasteiger charge is 2.59. The second-order valence-corrected chi connectivity index (χ2v) is 13.2. The van der Waals surface area contributed by atoms with E-state index in [1.807, 2.05) is 20.2 Å². The third kappa shape index (κ3) is 3.67. The van der Waals surface area contributed by atoms with Crippen LogP contribution in [-0.4, -0.2) is 38.4 Å². The quantitative estimate of drug-likeness (QED) is 0.539. The van der Waals surface area contributed by atoms with Gasteiger partial charge in [0, 0.05) is 36.8 Å². The largest absolute Gasteiger partial charge is 0.422 e. The smallest absolute Gasteiger partial charge is 0.339 e. The summed E-state index contributed by atoms with van der Waals surface area (Å²) in [5.74, 6) is 2.54. The summed E-state index contributed by atoms with van der Waals surface area (Å²) in [4.78, 5) is 15.5. The van der Waals surface area contributed by atoms with Crippen LogP contribution in [0, 0.1) is 34.5 Å². The van der Waals surface area contributed by atoms with Crippen molar-refractivity contribution in [2.24, 2.45) is 34.5 Å². The molecular formula is C31H44N2O3. The van der Waals surface area contributed by atoms with Gasteiger partial charge in [-0.3, -0.25) is 0 Å². The van der Waals surface area contributed by atoms with Gasteiger partial charge in [-0.25, -0.2) is 4.79 Å². The first-order valence-electron chi connectivity index (χ1n) is 14.4. The summed E-state index contributed by atoms with van der Waals surface area (Å²) < 4.78 is 5.99. The van der Waals surface area contributed by atoms with Gasteiger partial charge in [0.15, 0.2) is 0 Å². The normalized spacial score (nSPS) is 38.5. The number of nitrogens with zero attached hydrogens (tertiary/aromatic N) is 1. The molecule has 5 heteroatoms. The van der Waals surface area contributed by atoms with Crippen LogP contribution in [0.15, 0.2) is 27.4 Å². The summed E-state index contributed by atoms with van der Waals surface area (Å²) in [6.07, 6.45) is 9.70. The van der Waals surface area contributed by atoms with Crippen LogP contribution in [0.1, 0.15) is 69.9 Å². The molecule has 0 radical (unpaired) electrons. The lowest BCUT2D eigenvalue weighted by Crippen LogP contribution is -2.54. The van der Waals surface area contributed by atoms with Gasteiger partial charge >= 0.3 is 5.63 Å². The molecule has 196 valence electrons. The fraction of sp³-hybridized carbons (Fsp3) is 0.710. The molecule has 2 N–H and O–H groups in total. The molecule has 36 heavy (non-hydrogen) atoms. The molecule has 2 aromatic rings. The second-order valence-electron chi connectivity index (χ2n) is 13.2. The average Bonchev–Trinajstić information content (AvgIpc) is 3.16. The molecule has 5 nitrogen and oxygen atoms in total. The summed E-state index contributed by atoms with van der Waals surface area (Å²) >= 11 is 0. The molecule has 3 saturated carbocycles. The van der Waals surface area contributed by atoms with E-state index in [1.165, 1.54) is 37.7 Å². The number of aliphatic hydroxyl groups excluding tert-OH is 1. The number of anilines is 1. The lowest BCUT2D eigenvalue weighted by molar-refractivity contribution is -0.111. The molecule has 0 unspecified atom stereocenters. The molecule has 3 aliphatic carbocycles. The van der Waals surface area contributed by atoms with Gasteiger partial charge in [-0.2, -0.15) is 0 Å². The second kappa shape index (κ2) is 8.87. The Labute approximate surface area is 215 Å². The topological polar surface area (TPSA) is 65.7 Å². The van der Waals surface area contributed by atoms with E-state index in [0.29, 0.717) is 29.3 Å². The maximum Gasteiger partial charge on any atom is 0.339 e. The van der Waals surface area contributed by atoms with Crippen LogP contribution in [0.2, 0.25) is 0 Å². The summed E-state index contributed by atoms with van der Waals surface area (Å²) in [6.45, 7) is 6.84. The molecule has 2 heterocycles. The molecule has 6 rings (SSSR count). The first-order valence-corrected chi connectivity index (χ1v) is 14.4. The van der Waals surface area contributed by atoms with Crippen molar-refractivity contribution in [2.75, 3.05) is 32.1 Å². The fourth-order valence-electron chi connectivity index (χ4n) is 9.24. The summed E-state index contributed by atoms with van der Waals surface area (Å²) in [5.41, 5.74) is 4.06. The van der Waals surface area contributed by atoms with Crippen molar-refractivity contribution in [3.63, 3.8) is 0 Å². The number of hydrogen-bond donors (Lipinski definition) is 2. The van der Waals surface area contributed by atoms with Crippen LogP contribution in [-0.2, 0) is 12.8 Å². The Balaban J connectivity index is 1.39. The van der Waals surface area contributed by atoms with E-state index in [1.54, 1.807) is 0 Å². The van der Waals surface area contributed by atoms with Gasteiger partial charge in [0.1, 0.15) is 5.58 Å². The minimum Gasteiger partial charge on any atom is -0.422 e. The predicted octanol–water partition coefficient (Wildman–Crippen LogP) is 5.16. The van der Waals surface area contributed by atoms with E-state index >= 15 is 0 Å². The molecule has 0 bridgehead atoms. The minimum absolute atomic E-state index is 0.108. The van der Waals surface area contributed by atoms with E-state index < -0.39 is 0 Å². The summed E-state index contributed by atoms with van der Waals surface area (Å²) in [7, 11) is 4.03. The van der Waals surface area contributed by atoms with Crippen molar-refractivity contribution in [1.82, 2.24) is 5.32 Å². The lowest BCUT2D eigenvalue weighted by Gasteiger charge is -2.59. The zero-order valence-electron chi connectivity index (χ0n) is 22.6. The minimum atomic E-state index is -0.131. The zero-order valence-corrected chi connectivity index (χ0v) is 22.6. The SMILES string of the molecule is CN(C)c1ccc2c3c(c(=O)oc2c1)C[C@@H]1CC[C@@H]2[C@H](CC[C@]4(C)[C@@H](O)CC[C@@H]24)[C@@]1(C)CCNCC3. The van der Waals surface area contributed by atoms with Gasteiger partial charge in [0.05, 0.1) is 6.10 Å². The number of benzene rings is 1. The van der Waals surface area contributed by atoms with Crippen LogP contribution in [0.3, 0.4) is 0 Å². The third-order valence-corrected chi connectivity index (χ3v) is 11.5. The zero-order chi connectivity index (χ0) is 25.2. The highest BCUT2D eigenvalue weighted by Crippen LogP contribution is 2.64. The van der Waals surface area contributed by atoms with Gasteiger partial charge < -0.3 is 19.7 Å². The van der Waals surface area contributed by atoms with Crippen LogP contribution >= 0.6 is 0 Å².